The van der Waals surface area contributed by atoms with E-state index in [4.69, 9.17) is 4.74 Å². The smallest absolute Gasteiger partial charge is 0.241 e. The van der Waals surface area contributed by atoms with Gasteiger partial charge in [0.15, 0.2) is 0 Å². The molecule has 0 spiro atoms. The van der Waals surface area contributed by atoms with Crippen LogP contribution in [0.3, 0.4) is 0 Å². The van der Waals surface area contributed by atoms with Crippen molar-refractivity contribution in [1.29, 1.82) is 0 Å². The Kier molecular flexibility index (Phi) is 4.61. The van der Waals surface area contributed by atoms with E-state index in [1.165, 1.54) is 12.1 Å². The van der Waals surface area contributed by atoms with Crippen LogP contribution in [0.25, 0.3) is 0 Å². The van der Waals surface area contributed by atoms with Gasteiger partial charge >= 0.3 is 0 Å². The van der Waals surface area contributed by atoms with Crippen LogP contribution >= 0.6 is 0 Å². The molecule has 0 radical (unpaired) electrons. The Morgan fingerprint density at radius 2 is 1.95 bits per heavy atom. The molecule has 0 unspecified atom stereocenters. The van der Waals surface area contributed by atoms with Crippen molar-refractivity contribution in [3.05, 3.63) is 24.3 Å². The summed E-state index contributed by atoms with van der Waals surface area (Å²) in [5.74, 6) is 0.305. The highest BCUT2D eigenvalue weighted by Crippen LogP contribution is 2.18. The van der Waals surface area contributed by atoms with Gasteiger partial charge in [-0.3, -0.25) is 4.79 Å². The minimum absolute atomic E-state index is 0.111. The van der Waals surface area contributed by atoms with Gasteiger partial charge in [-0.15, -0.1) is 0 Å². The lowest BCUT2D eigenvalue weighted by Crippen LogP contribution is -2.37. The first-order valence-electron chi connectivity index (χ1n) is 6.53. The Bertz CT molecular complexity index is 565. The fraction of sp³-hybridized carbons (Fsp3) is 0.462. The van der Waals surface area contributed by atoms with Crippen LogP contribution in [-0.2, 0) is 14.8 Å². The van der Waals surface area contributed by atoms with Gasteiger partial charge in [-0.25, -0.2) is 13.1 Å². The zero-order chi connectivity index (χ0) is 14.6. The first-order valence-corrected chi connectivity index (χ1v) is 8.01. The lowest BCUT2D eigenvalue weighted by Gasteiger charge is -2.08. The topological polar surface area (TPSA) is 84.5 Å². The Balaban J connectivity index is 1.92. The Morgan fingerprint density at radius 1 is 1.30 bits per heavy atom. The van der Waals surface area contributed by atoms with Crippen LogP contribution < -0.4 is 14.8 Å². The van der Waals surface area contributed by atoms with Crippen molar-refractivity contribution in [1.82, 2.24) is 10.0 Å². The van der Waals surface area contributed by atoms with Gasteiger partial charge in [0, 0.05) is 6.04 Å². The summed E-state index contributed by atoms with van der Waals surface area (Å²) in [5, 5.41) is 2.72. The fourth-order valence-corrected chi connectivity index (χ4v) is 2.61. The predicted molar refractivity (Wildman–Crippen MR) is 74.0 cm³/mol. The second kappa shape index (κ2) is 6.23. The van der Waals surface area contributed by atoms with Crippen molar-refractivity contribution >= 4 is 15.9 Å². The maximum Gasteiger partial charge on any atom is 0.241 e. The minimum Gasteiger partial charge on any atom is -0.494 e. The zero-order valence-corrected chi connectivity index (χ0v) is 12.1. The third-order valence-corrected chi connectivity index (χ3v) is 4.23. The first kappa shape index (κ1) is 14.8. The van der Waals surface area contributed by atoms with E-state index in [9.17, 15) is 13.2 Å². The number of rotatable bonds is 7. The summed E-state index contributed by atoms with van der Waals surface area (Å²) in [6.07, 6.45) is 1.94. The van der Waals surface area contributed by atoms with Crippen molar-refractivity contribution in [3.8, 4) is 5.75 Å². The highest BCUT2D eigenvalue weighted by atomic mass is 32.2. The van der Waals surface area contributed by atoms with E-state index < -0.39 is 10.0 Å². The van der Waals surface area contributed by atoms with Gasteiger partial charge < -0.3 is 10.1 Å². The molecule has 1 aliphatic carbocycles. The molecule has 1 aromatic carbocycles. The first-order chi connectivity index (χ1) is 9.51. The molecule has 2 rings (SSSR count). The number of amides is 1. The van der Waals surface area contributed by atoms with Crippen LogP contribution in [0, 0.1) is 0 Å². The Hall–Kier alpha value is -1.60. The molecular formula is C13H18N2O4S. The highest BCUT2D eigenvalue weighted by Gasteiger charge is 2.24. The SMILES string of the molecule is CCOc1ccc(S(=O)(=O)NCC(=O)NC2CC2)cc1. The second-order valence-corrected chi connectivity index (χ2v) is 6.34. The second-order valence-electron chi connectivity index (χ2n) is 4.57. The molecular weight excluding hydrogens is 280 g/mol. The molecule has 1 fully saturated rings. The third kappa shape index (κ3) is 4.21. The molecule has 0 bridgehead atoms. The van der Waals surface area contributed by atoms with E-state index in [0.29, 0.717) is 12.4 Å². The number of carbonyl (C=O) groups excluding carboxylic acids is 1. The van der Waals surface area contributed by atoms with Crippen LogP contribution in [0.2, 0.25) is 0 Å². The van der Waals surface area contributed by atoms with Crippen LogP contribution in [0.1, 0.15) is 19.8 Å². The summed E-state index contributed by atoms with van der Waals surface area (Å²) < 4.78 is 31.5. The molecule has 0 aromatic heterocycles. The Morgan fingerprint density at radius 3 is 2.50 bits per heavy atom. The van der Waals surface area contributed by atoms with Crippen molar-refractivity contribution in [2.45, 2.75) is 30.7 Å². The molecule has 2 N–H and O–H groups in total. The third-order valence-electron chi connectivity index (χ3n) is 2.81. The van der Waals surface area contributed by atoms with Crippen molar-refractivity contribution < 1.29 is 17.9 Å². The molecule has 0 aliphatic heterocycles. The number of nitrogens with one attached hydrogen (secondary N) is 2. The summed E-state index contributed by atoms with van der Waals surface area (Å²) in [6, 6.07) is 6.29. The molecule has 1 aromatic rings. The molecule has 7 heteroatoms. The normalized spacial score (nSPS) is 14.8. The van der Waals surface area contributed by atoms with Gasteiger partial charge in [0.2, 0.25) is 15.9 Å². The minimum atomic E-state index is -3.67. The number of benzene rings is 1. The molecule has 0 heterocycles. The molecule has 0 saturated heterocycles. The molecule has 0 atom stereocenters. The van der Waals surface area contributed by atoms with E-state index in [1.54, 1.807) is 12.1 Å². The molecule has 6 nitrogen and oxygen atoms in total. The molecule has 1 aliphatic rings. The maximum atomic E-state index is 12.0. The molecule has 1 amide bonds. The number of sulfonamides is 1. The van der Waals surface area contributed by atoms with E-state index >= 15 is 0 Å². The van der Waals surface area contributed by atoms with Crippen LogP contribution in [0.5, 0.6) is 5.75 Å². The monoisotopic (exact) mass is 298 g/mol. The largest absolute Gasteiger partial charge is 0.494 e. The van der Waals surface area contributed by atoms with Gasteiger partial charge in [-0.05, 0) is 44.0 Å². The van der Waals surface area contributed by atoms with Crippen LogP contribution in [0.15, 0.2) is 29.2 Å². The standard InChI is InChI=1S/C13H18N2O4S/c1-2-19-11-5-7-12(8-6-11)20(17,18)14-9-13(16)15-10-3-4-10/h5-8,10,14H,2-4,9H2,1H3,(H,15,16). The summed E-state index contributed by atoms with van der Waals surface area (Å²) in [7, 11) is -3.67. The molecule has 110 valence electrons. The van der Waals surface area contributed by atoms with E-state index in [1.807, 2.05) is 6.92 Å². The summed E-state index contributed by atoms with van der Waals surface area (Å²) in [6.45, 7) is 2.13. The number of ether oxygens (including phenoxy) is 1. The zero-order valence-electron chi connectivity index (χ0n) is 11.3. The van der Waals surface area contributed by atoms with Gasteiger partial charge in [-0.1, -0.05) is 0 Å². The predicted octanol–water partition coefficient (Wildman–Crippen LogP) is 0.642. The lowest BCUT2D eigenvalue weighted by atomic mass is 10.3. The summed E-state index contributed by atoms with van der Waals surface area (Å²) in [4.78, 5) is 11.6. The number of hydrogen-bond donors (Lipinski definition) is 2. The van der Waals surface area contributed by atoms with Gasteiger partial charge in [-0.2, -0.15) is 0 Å². The highest BCUT2D eigenvalue weighted by molar-refractivity contribution is 7.89. The summed E-state index contributed by atoms with van der Waals surface area (Å²) in [5.41, 5.74) is 0. The Labute approximate surface area is 118 Å². The molecule has 1 saturated carbocycles. The van der Waals surface area contributed by atoms with Crippen molar-refractivity contribution in [2.24, 2.45) is 0 Å². The number of carbonyl (C=O) groups is 1. The average Bonchev–Trinajstić information content (AvgIpc) is 3.22. The lowest BCUT2D eigenvalue weighted by molar-refractivity contribution is -0.120. The van der Waals surface area contributed by atoms with Gasteiger partial charge in [0.05, 0.1) is 18.0 Å². The average molecular weight is 298 g/mol. The molecule has 20 heavy (non-hydrogen) atoms. The van der Waals surface area contributed by atoms with E-state index in [2.05, 4.69) is 10.0 Å². The summed E-state index contributed by atoms with van der Waals surface area (Å²) >= 11 is 0. The quantitative estimate of drug-likeness (QED) is 0.774. The van der Waals surface area contributed by atoms with Crippen LogP contribution in [0.4, 0.5) is 0 Å². The maximum absolute atomic E-state index is 12.0. The number of hydrogen-bond acceptors (Lipinski definition) is 4. The fourth-order valence-electron chi connectivity index (χ4n) is 1.63. The van der Waals surface area contributed by atoms with Crippen molar-refractivity contribution in [3.63, 3.8) is 0 Å². The van der Waals surface area contributed by atoms with Crippen molar-refractivity contribution in [2.75, 3.05) is 13.2 Å². The van der Waals surface area contributed by atoms with Crippen LogP contribution in [-0.4, -0.2) is 33.5 Å². The van der Waals surface area contributed by atoms with E-state index in [0.717, 1.165) is 12.8 Å². The van der Waals surface area contributed by atoms with E-state index in [-0.39, 0.29) is 23.4 Å². The van der Waals surface area contributed by atoms with Gasteiger partial charge in [0.1, 0.15) is 5.75 Å². The van der Waals surface area contributed by atoms with Gasteiger partial charge in [0.25, 0.3) is 0 Å².